The topological polar surface area (TPSA) is 36.9 Å². The fourth-order valence-corrected chi connectivity index (χ4v) is 2.12. The molecule has 0 aliphatic heterocycles. The average molecular weight is 300 g/mol. The van der Waals surface area contributed by atoms with Crippen LogP contribution >= 0.6 is 0 Å². The van der Waals surface area contributed by atoms with Gasteiger partial charge in [0.05, 0.1) is 28.4 Å². The lowest BCUT2D eigenvalue weighted by molar-refractivity contribution is 0.402. The monoisotopic (exact) mass is 300 g/mol. The Labute approximate surface area is 130 Å². The first-order valence-electron chi connectivity index (χ1n) is 6.84. The minimum Gasteiger partial charge on any atom is -0.497 e. The van der Waals surface area contributed by atoms with Crippen LogP contribution < -0.4 is 18.9 Å². The maximum absolute atomic E-state index is 5.37. The molecule has 22 heavy (non-hydrogen) atoms. The second-order valence-corrected chi connectivity index (χ2v) is 4.55. The van der Waals surface area contributed by atoms with E-state index >= 15 is 0 Å². The van der Waals surface area contributed by atoms with Crippen LogP contribution in [0.25, 0.3) is 12.2 Å². The fourth-order valence-electron chi connectivity index (χ4n) is 2.12. The summed E-state index contributed by atoms with van der Waals surface area (Å²) in [5, 5.41) is 0. The van der Waals surface area contributed by atoms with Gasteiger partial charge in [-0.3, -0.25) is 0 Å². The van der Waals surface area contributed by atoms with Crippen molar-refractivity contribution in [3.8, 4) is 23.0 Å². The van der Waals surface area contributed by atoms with Gasteiger partial charge in [0.25, 0.3) is 0 Å². The lowest BCUT2D eigenvalue weighted by Gasteiger charge is -2.09. The number of methoxy groups -OCH3 is 4. The van der Waals surface area contributed by atoms with Crippen LogP contribution in [0.15, 0.2) is 36.4 Å². The van der Waals surface area contributed by atoms with Crippen LogP contribution in [0.5, 0.6) is 23.0 Å². The van der Waals surface area contributed by atoms with E-state index in [0.29, 0.717) is 0 Å². The molecule has 0 atom stereocenters. The molecule has 4 heteroatoms. The van der Waals surface area contributed by atoms with Crippen molar-refractivity contribution < 1.29 is 18.9 Å². The van der Waals surface area contributed by atoms with Crippen molar-refractivity contribution in [2.24, 2.45) is 0 Å². The molecule has 0 aliphatic rings. The Morgan fingerprint density at radius 2 is 1.00 bits per heavy atom. The first kappa shape index (κ1) is 15.8. The van der Waals surface area contributed by atoms with Gasteiger partial charge in [-0.15, -0.1) is 0 Å². The van der Waals surface area contributed by atoms with E-state index in [0.717, 1.165) is 34.1 Å². The summed E-state index contributed by atoms with van der Waals surface area (Å²) in [4.78, 5) is 0. The van der Waals surface area contributed by atoms with Gasteiger partial charge in [-0.2, -0.15) is 0 Å². The molecule has 0 aromatic heterocycles. The number of benzene rings is 2. The molecule has 0 spiro atoms. The van der Waals surface area contributed by atoms with Crippen LogP contribution in [0.3, 0.4) is 0 Å². The standard InChI is InChI=1S/C18H20O4/c1-19-15-7-9-17(21-3)13(11-15)5-6-14-12-16(20-2)8-10-18(14)22-4/h5-12H,1-4H3/b6-5+. The van der Waals surface area contributed by atoms with Crippen LogP contribution in [0.4, 0.5) is 0 Å². The second kappa shape index (κ2) is 7.41. The van der Waals surface area contributed by atoms with Gasteiger partial charge in [0.15, 0.2) is 0 Å². The van der Waals surface area contributed by atoms with Crippen LogP contribution in [0.1, 0.15) is 11.1 Å². The third-order valence-corrected chi connectivity index (χ3v) is 3.32. The van der Waals surface area contributed by atoms with Crippen LogP contribution in [0, 0.1) is 0 Å². The minimum atomic E-state index is 0.776. The third kappa shape index (κ3) is 3.52. The van der Waals surface area contributed by atoms with E-state index in [1.165, 1.54) is 0 Å². The van der Waals surface area contributed by atoms with E-state index in [1.807, 2.05) is 48.6 Å². The molecule has 0 amide bonds. The summed E-state index contributed by atoms with van der Waals surface area (Å²) in [6.07, 6.45) is 3.91. The molecule has 0 bridgehead atoms. The van der Waals surface area contributed by atoms with Crippen molar-refractivity contribution in [3.63, 3.8) is 0 Å². The summed E-state index contributed by atoms with van der Waals surface area (Å²) in [7, 11) is 6.57. The van der Waals surface area contributed by atoms with Crippen molar-refractivity contribution in [1.29, 1.82) is 0 Å². The molecule has 116 valence electrons. The maximum atomic E-state index is 5.37. The van der Waals surface area contributed by atoms with Gasteiger partial charge in [0.2, 0.25) is 0 Å². The molecule has 2 aromatic carbocycles. The van der Waals surface area contributed by atoms with Gasteiger partial charge in [0, 0.05) is 11.1 Å². The fraction of sp³-hybridized carbons (Fsp3) is 0.222. The lowest BCUT2D eigenvalue weighted by atomic mass is 10.1. The van der Waals surface area contributed by atoms with Gasteiger partial charge in [0.1, 0.15) is 23.0 Å². The number of hydrogen-bond acceptors (Lipinski definition) is 4. The Morgan fingerprint density at radius 1 is 0.591 bits per heavy atom. The molecule has 0 fully saturated rings. The van der Waals surface area contributed by atoms with E-state index in [1.54, 1.807) is 28.4 Å². The zero-order valence-electron chi connectivity index (χ0n) is 13.3. The molecule has 0 aliphatic carbocycles. The largest absolute Gasteiger partial charge is 0.497 e. The Bertz CT molecular complexity index is 605. The molecule has 4 nitrogen and oxygen atoms in total. The van der Waals surface area contributed by atoms with Crippen LogP contribution in [-0.2, 0) is 0 Å². The summed E-state index contributed by atoms with van der Waals surface area (Å²) >= 11 is 0. The summed E-state index contributed by atoms with van der Waals surface area (Å²) in [6, 6.07) is 11.3. The van der Waals surface area contributed by atoms with Crippen molar-refractivity contribution in [2.45, 2.75) is 0 Å². The molecule has 2 aromatic rings. The number of ether oxygens (including phenoxy) is 4. The van der Waals surface area contributed by atoms with E-state index in [4.69, 9.17) is 18.9 Å². The number of hydrogen-bond donors (Lipinski definition) is 0. The summed E-state index contributed by atoms with van der Waals surface area (Å²) in [5.41, 5.74) is 1.85. The highest BCUT2D eigenvalue weighted by Crippen LogP contribution is 2.29. The summed E-state index contributed by atoms with van der Waals surface area (Å²) < 4.78 is 21.3. The van der Waals surface area contributed by atoms with Crippen LogP contribution in [-0.4, -0.2) is 28.4 Å². The third-order valence-electron chi connectivity index (χ3n) is 3.32. The molecule has 0 heterocycles. The zero-order valence-corrected chi connectivity index (χ0v) is 13.3. The lowest BCUT2D eigenvalue weighted by Crippen LogP contribution is -1.90. The van der Waals surface area contributed by atoms with Gasteiger partial charge in [-0.05, 0) is 36.4 Å². The highest BCUT2D eigenvalue weighted by molar-refractivity contribution is 5.76. The zero-order chi connectivity index (χ0) is 15.9. The van der Waals surface area contributed by atoms with E-state index in [9.17, 15) is 0 Å². The predicted octanol–water partition coefficient (Wildman–Crippen LogP) is 3.89. The SMILES string of the molecule is COc1ccc(OC)c(/C=C/c2cc(OC)ccc2OC)c1. The molecule has 0 saturated heterocycles. The summed E-state index contributed by atoms with van der Waals surface area (Å²) in [5.74, 6) is 3.11. The first-order valence-corrected chi connectivity index (χ1v) is 6.84. The van der Waals surface area contributed by atoms with Crippen molar-refractivity contribution >= 4 is 12.2 Å². The Kier molecular flexibility index (Phi) is 5.31. The van der Waals surface area contributed by atoms with Crippen molar-refractivity contribution in [3.05, 3.63) is 47.5 Å². The van der Waals surface area contributed by atoms with Crippen LogP contribution in [0.2, 0.25) is 0 Å². The van der Waals surface area contributed by atoms with Gasteiger partial charge < -0.3 is 18.9 Å². The Morgan fingerprint density at radius 3 is 1.32 bits per heavy atom. The maximum Gasteiger partial charge on any atom is 0.126 e. The minimum absolute atomic E-state index is 0.776. The molecular formula is C18H20O4. The molecular weight excluding hydrogens is 280 g/mol. The second-order valence-electron chi connectivity index (χ2n) is 4.55. The van der Waals surface area contributed by atoms with E-state index < -0.39 is 0 Å². The van der Waals surface area contributed by atoms with Crippen molar-refractivity contribution in [1.82, 2.24) is 0 Å². The van der Waals surface area contributed by atoms with Gasteiger partial charge >= 0.3 is 0 Å². The quantitative estimate of drug-likeness (QED) is 0.758. The molecule has 0 saturated carbocycles. The summed E-state index contributed by atoms with van der Waals surface area (Å²) in [6.45, 7) is 0. The van der Waals surface area contributed by atoms with E-state index in [-0.39, 0.29) is 0 Å². The molecule has 0 N–H and O–H groups in total. The highest BCUT2D eigenvalue weighted by Gasteiger charge is 2.04. The molecule has 0 radical (unpaired) electrons. The highest BCUT2D eigenvalue weighted by atomic mass is 16.5. The smallest absolute Gasteiger partial charge is 0.126 e. The normalized spacial score (nSPS) is 10.5. The molecule has 2 rings (SSSR count). The Hall–Kier alpha value is -2.62. The number of rotatable bonds is 6. The van der Waals surface area contributed by atoms with Gasteiger partial charge in [-0.1, -0.05) is 12.2 Å². The Balaban J connectivity index is 2.39. The molecule has 0 unspecified atom stereocenters. The predicted molar refractivity (Wildman–Crippen MR) is 88.0 cm³/mol. The first-order chi connectivity index (χ1) is 10.7. The van der Waals surface area contributed by atoms with Crippen molar-refractivity contribution in [2.75, 3.05) is 28.4 Å². The van der Waals surface area contributed by atoms with E-state index in [2.05, 4.69) is 0 Å². The van der Waals surface area contributed by atoms with Gasteiger partial charge in [-0.25, -0.2) is 0 Å². The average Bonchev–Trinajstić information content (AvgIpc) is 2.59.